The van der Waals surface area contributed by atoms with Gasteiger partial charge in [0.15, 0.2) is 6.23 Å². The van der Waals surface area contributed by atoms with Gasteiger partial charge in [0.1, 0.15) is 24.4 Å². The van der Waals surface area contributed by atoms with Crippen LogP contribution in [0.25, 0.3) is 0 Å². The Morgan fingerprint density at radius 1 is 1.08 bits per heavy atom. The van der Waals surface area contributed by atoms with Gasteiger partial charge < -0.3 is 45.4 Å². The number of rotatable bonds is 12. The minimum Gasteiger partial charge on any atom is -0.480 e. The molecule has 7 atom stereocenters. The first-order valence-electron chi connectivity index (χ1n) is 9.44. The number of nitrogens with zero attached hydrogens (tertiary/aromatic N) is 2. The van der Waals surface area contributed by atoms with Crippen LogP contribution in [0, 0.1) is 0 Å². The number of carbonyl (C=O) groups is 1. The molecule has 0 aromatic carbocycles. The summed E-state index contributed by atoms with van der Waals surface area (Å²) in [5.41, 5.74) is 3.42. The topological polar surface area (TPSA) is 317 Å². The second-order valence-corrected chi connectivity index (χ2v) is 11.6. The van der Waals surface area contributed by atoms with Crippen LogP contribution in [-0.4, -0.2) is 81.0 Å². The third-order valence-corrected chi connectivity index (χ3v) is 8.31. The molecule has 0 spiro atoms. The third kappa shape index (κ3) is 8.20. The number of aromatic nitrogens is 2. The van der Waals surface area contributed by atoms with Crippen molar-refractivity contribution >= 4 is 29.4 Å². The Morgan fingerprint density at radius 2 is 1.69 bits per heavy atom. The second-order valence-electron chi connectivity index (χ2n) is 7.16. The molecular formula is C13H22N3O17P3. The lowest BCUT2D eigenvalue weighted by molar-refractivity contribution is -0.138. The van der Waals surface area contributed by atoms with Gasteiger partial charge in [0.05, 0.1) is 6.61 Å². The molecule has 1 fully saturated rings. The van der Waals surface area contributed by atoms with Crippen LogP contribution in [0.5, 0.6) is 0 Å². The fourth-order valence-electron chi connectivity index (χ4n) is 2.89. The molecule has 3 unspecified atom stereocenters. The van der Waals surface area contributed by atoms with E-state index in [0.29, 0.717) is 9.13 Å². The van der Waals surface area contributed by atoms with Gasteiger partial charge in [-0.15, -0.1) is 0 Å². The van der Waals surface area contributed by atoms with Crippen molar-refractivity contribution in [3.63, 3.8) is 0 Å². The predicted molar refractivity (Wildman–Crippen MR) is 111 cm³/mol. The number of aliphatic hydroxyl groups is 2. The van der Waals surface area contributed by atoms with Crippen molar-refractivity contribution in [3.8, 4) is 0 Å². The molecule has 1 saturated heterocycles. The molecule has 20 nitrogen and oxygen atoms in total. The number of ether oxygens (including phenoxy) is 1. The number of hydrogen-bond acceptors (Lipinski definition) is 13. The Balaban J connectivity index is 2.15. The molecule has 1 aromatic rings. The molecular weight excluding hydrogens is 563 g/mol. The summed E-state index contributed by atoms with van der Waals surface area (Å²) < 4.78 is 51.7. The van der Waals surface area contributed by atoms with Gasteiger partial charge in [0.2, 0.25) is 0 Å². The summed E-state index contributed by atoms with van der Waals surface area (Å²) in [7, 11) is -17.0. The van der Waals surface area contributed by atoms with Gasteiger partial charge >= 0.3 is 35.1 Å². The number of nitrogens with two attached hydrogens (primary N) is 1. The van der Waals surface area contributed by atoms with Crippen molar-refractivity contribution in [2.75, 3.05) is 6.61 Å². The van der Waals surface area contributed by atoms with E-state index in [2.05, 4.69) is 13.1 Å². The van der Waals surface area contributed by atoms with E-state index < -0.39 is 84.4 Å². The van der Waals surface area contributed by atoms with E-state index in [9.17, 15) is 43.2 Å². The van der Waals surface area contributed by atoms with Gasteiger partial charge in [-0.05, 0) is 6.42 Å². The molecule has 36 heavy (non-hydrogen) atoms. The Morgan fingerprint density at radius 3 is 2.25 bits per heavy atom. The van der Waals surface area contributed by atoms with E-state index in [4.69, 9.17) is 30.3 Å². The molecule has 1 aliphatic heterocycles. The van der Waals surface area contributed by atoms with Crippen LogP contribution in [0.15, 0.2) is 21.9 Å². The predicted octanol–water partition coefficient (Wildman–Crippen LogP) is -3.23. The van der Waals surface area contributed by atoms with E-state index in [1.807, 2.05) is 0 Å². The highest BCUT2D eigenvalue weighted by Gasteiger charge is 2.46. The van der Waals surface area contributed by atoms with Crippen molar-refractivity contribution in [1.29, 1.82) is 0 Å². The lowest BCUT2D eigenvalue weighted by Crippen LogP contribution is -2.44. The van der Waals surface area contributed by atoms with E-state index in [0.717, 1.165) is 12.3 Å². The smallest absolute Gasteiger partial charge is 0.480 e. The summed E-state index contributed by atoms with van der Waals surface area (Å²) in [6, 6.07) is -0.519. The van der Waals surface area contributed by atoms with Crippen LogP contribution in [-0.2, 0) is 42.9 Å². The van der Waals surface area contributed by atoms with E-state index in [-0.39, 0.29) is 6.42 Å². The monoisotopic (exact) mass is 585 g/mol. The molecule has 0 aliphatic carbocycles. The van der Waals surface area contributed by atoms with E-state index >= 15 is 0 Å². The number of carboxylic acids is 1. The molecule has 0 bridgehead atoms. The molecule has 2 heterocycles. The Bertz CT molecular complexity index is 1220. The lowest BCUT2D eigenvalue weighted by atomic mass is 10.1. The first-order valence-corrected chi connectivity index (χ1v) is 14.0. The highest BCUT2D eigenvalue weighted by Crippen LogP contribution is 2.66. The molecule has 206 valence electrons. The van der Waals surface area contributed by atoms with Crippen molar-refractivity contribution in [2.45, 2.75) is 43.5 Å². The standard InChI is InChI=1S/C13H22N3O17P3/c14-6(12(20)21)1-3-15-8(17)2-4-16(13(15)22)11-10(19)9(18)7(31-11)5-30-35(26,27)33-36(28,29)32-34(23,24)25/h2,4,6-7,9-11,18-19H,1,3,5,14H2,(H,20,21)(H,26,27)(H,28,29)(H2,23,24,25)/t6?,7-,9-,10-,11-/m1/s1. The van der Waals surface area contributed by atoms with Crippen LogP contribution in [0.3, 0.4) is 0 Å². The molecule has 0 amide bonds. The zero-order chi connectivity index (χ0) is 27.6. The van der Waals surface area contributed by atoms with Crippen molar-refractivity contribution < 1.29 is 71.3 Å². The van der Waals surface area contributed by atoms with Gasteiger partial charge in [-0.1, -0.05) is 0 Å². The molecule has 2 rings (SSSR count). The summed E-state index contributed by atoms with van der Waals surface area (Å²) in [6.07, 6.45) is -6.57. The molecule has 9 N–H and O–H groups in total. The van der Waals surface area contributed by atoms with Crippen molar-refractivity contribution in [1.82, 2.24) is 9.13 Å². The summed E-state index contributed by atoms with van der Waals surface area (Å²) in [6.45, 7) is -1.55. The molecule has 0 saturated carbocycles. The fourth-order valence-corrected chi connectivity index (χ4v) is 5.92. The minimum atomic E-state index is -5.80. The average molecular weight is 585 g/mol. The van der Waals surface area contributed by atoms with Crippen molar-refractivity contribution in [2.24, 2.45) is 5.73 Å². The number of aliphatic carboxylic acids is 1. The normalized spacial score (nSPS) is 26.8. The first-order chi connectivity index (χ1) is 16.3. The highest BCUT2D eigenvalue weighted by molar-refractivity contribution is 7.66. The van der Waals surface area contributed by atoms with Crippen LogP contribution in [0.4, 0.5) is 0 Å². The summed E-state index contributed by atoms with van der Waals surface area (Å²) in [5.74, 6) is -1.38. The maximum atomic E-state index is 12.7. The van der Waals surface area contributed by atoms with Gasteiger partial charge in [0.25, 0.3) is 5.56 Å². The van der Waals surface area contributed by atoms with Crippen LogP contribution in [0.2, 0.25) is 0 Å². The van der Waals surface area contributed by atoms with Gasteiger partial charge in [-0.25, -0.2) is 18.5 Å². The zero-order valence-corrected chi connectivity index (χ0v) is 20.4. The number of aliphatic hydroxyl groups excluding tert-OH is 2. The van der Waals surface area contributed by atoms with Crippen molar-refractivity contribution in [3.05, 3.63) is 33.1 Å². The highest BCUT2D eigenvalue weighted by atomic mass is 31.3. The number of phosphoric ester groups is 1. The molecule has 1 aliphatic rings. The Labute approximate surface area is 199 Å². The molecule has 1 aromatic heterocycles. The molecule has 0 radical (unpaired) electrons. The quantitative estimate of drug-likeness (QED) is 0.112. The largest absolute Gasteiger partial charge is 0.490 e. The summed E-state index contributed by atoms with van der Waals surface area (Å²) in [4.78, 5) is 71.2. The number of carboxylic acid groups (broad SMARTS) is 1. The van der Waals surface area contributed by atoms with E-state index in [1.54, 1.807) is 0 Å². The number of phosphoric acid groups is 3. The van der Waals surface area contributed by atoms with Crippen LogP contribution in [0.1, 0.15) is 12.6 Å². The van der Waals surface area contributed by atoms with Gasteiger partial charge in [0, 0.05) is 18.8 Å². The van der Waals surface area contributed by atoms with Crippen LogP contribution < -0.4 is 17.0 Å². The maximum absolute atomic E-state index is 12.7. The summed E-state index contributed by atoms with van der Waals surface area (Å²) in [5, 5.41) is 29.3. The lowest BCUT2D eigenvalue weighted by Gasteiger charge is -2.19. The minimum absolute atomic E-state index is 0.312. The fraction of sp³-hybridized carbons (Fsp3) is 0.615. The van der Waals surface area contributed by atoms with Gasteiger partial charge in [-0.3, -0.25) is 23.2 Å². The van der Waals surface area contributed by atoms with Gasteiger partial charge in [-0.2, -0.15) is 8.62 Å². The zero-order valence-electron chi connectivity index (χ0n) is 17.7. The first kappa shape index (κ1) is 30.6. The van der Waals surface area contributed by atoms with Crippen LogP contribution >= 0.6 is 23.5 Å². The maximum Gasteiger partial charge on any atom is 0.490 e. The summed E-state index contributed by atoms with van der Waals surface area (Å²) >= 11 is 0. The molecule has 23 heteroatoms. The second kappa shape index (κ2) is 11.4. The third-order valence-electron chi connectivity index (χ3n) is 4.51. The Kier molecular flexibility index (Phi) is 9.72. The number of hydrogen-bond donors (Lipinski definition) is 8. The SMILES string of the molecule is NC(CCn1c(=O)ccn([C@@H]2O[C@H](COP(=O)(O)OP(=O)(O)OP(=O)(O)O)[C@@H](O)[C@H]2O)c1=O)C(=O)O. The average Bonchev–Trinajstić information content (AvgIpc) is 2.97. The Hall–Kier alpha value is -1.60. The van der Waals surface area contributed by atoms with E-state index in [1.165, 1.54) is 0 Å².